The Kier molecular flexibility index (Phi) is 7.02. The second-order valence-electron chi connectivity index (χ2n) is 10.6. The van der Waals surface area contributed by atoms with Crippen LogP contribution in [0.4, 0.5) is 17.6 Å². The molecule has 0 aromatic heterocycles. The average molecular weight is 459 g/mol. The summed E-state index contributed by atoms with van der Waals surface area (Å²) in [5.41, 5.74) is 2.60. The molecule has 2 aromatic rings. The first-order chi connectivity index (χ1) is 15.7. The van der Waals surface area contributed by atoms with E-state index in [0.717, 1.165) is 44.1 Å². The zero-order valence-corrected chi connectivity index (χ0v) is 20.0. The zero-order chi connectivity index (χ0) is 23.9. The predicted molar refractivity (Wildman–Crippen MR) is 126 cm³/mol. The first-order valence-electron chi connectivity index (χ1n) is 12.3. The van der Waals surface area contributed by atoms with E-state index in [0.29, 0.717) is 47.8 Å². The SMILES string of the molecule is C=C(CCc1cc2c(c(F)c1F)-c1c(cc(C3CCC(C)CC3)c(F)c1F)C2)CCC(C)C. The molecule has 2 aliphatic carbocycles. The maximum absolute atomic E-state index is 15.2. The van der Waals surface area contributed by atoms with Crippen molar-refractivity contribution in [3.8, 4) is 11.1 Å². The molecule has 4 rings (SSSR count). The van der Waals surface area contributed by atoms with Gasteiger partial charge in [0.2, 0.25) is 0 Å². The minimum Gasteiger partial charge on any atom is -0.203 e. The van der Waals surface area contributed by atoms with Gasteiger partial charge in [0.15, 0.2) is 23.3 Å². The van der Waals surface area contributed by atoms with Crippen LogP contribution in [0.5, 0.6) is 0 Å². The fourth-order valence-corrected chi connectivity index (χ4v) is 5.44. The largest absolute Gasteiger partial charge is 0.203 e. The van der Waals surface area contributed by atoms with Crippen LogP contribution >= 0.6 is 0 Å². The summed E-state index contributed by atoms with van der Waals surface area (Å²) in [6, 6.07) is 3.35. The van der Waals surface area contributed by atoms with E-state index in [4.69, 9.17) is 0 Å². The van der Waals surface area contributed by atoms with Gasteiger partial charge in [-0.15, -0.1) is 0 Å². The van der Waals surface area contributed by atoms with E-state index >= 15 is 13.2 Å². The molecule has 0 saturated heterocycles. The Bertz CT molecular complexity index is 1060. The molecule has 1 fully saturated rings. The molecular weight excluding hydrogens is 424 g/mol. The van der Waals surface area contributed by atoms with E-state index in [-0.39, 0.29) is 22.6 Å². The lowest BCUT2D eigenvalue weighted by Crippen LogP contribution is -2.13. The predicted octanol–water partition coefficient (Wildman–Crippen LogP) is 9.03. The summed E-state index contributed by atoms with van der Waals surface area (Å²) in [6.07, 6.45) is 6.77. The second-order valence-corrected chi connectivity index (χ2v) is 10.6. The summed E-state index contributed by atoms with van der Waals surface area (Å²) in [5.74, 6) is -2.80. The molecule has 4 heteroatoms. The molecule has 0 bridgehead atoms. The first-order valence-corrected chi connectivity index (χ1v) is 12.3. The topological polar surface area (TPSA) is 0 Å². The fourth-order valence-electron chi connectivity index (χ4n) is 5.44. The maximum atomic E-state index is 15.2. The maximum Gasteiger partial charge on any atom is 0.167 e. The Morgan fingerprint density at radius 1 is 0.879 bits per heavy atom. The van der Waals surface area contributed by atoms with Gasteiger partial charge in [-0.25, -0.2) is 17.6 Å². The van der Waals surface area contributed by atoms with Crippen LogP contribution in [-0.4, -0.2) is 0 Å². The highest BCUT2D eigenvalue weighted by Crippen LogP contribution is 2.46. The van der Waals surface area contributed by atoms with Crippen molar-refractivity contribution in [2.75, 3.05) is 0 Å². The Balaban J connectivity index is 1.61. The Labute approximate surface area is 195 Å². The van der Waals surface area contributed by atoms with E-state index in [1.54, 1.807) is 12.1 Å². The smallest absolute Gasteiger partial charge is 0.167 e. The Hall–Kier alpha value is -2.10. The first kappa shape index (κ1) is 24.0. The number of benzene rings is 2. The molecular formula is C29H34F4. The molecule has 0 atom stereocenters. The van der Waals surface area contributed by atoms with Crippen LogP contribution in [0.3, 0.4) is 0 Å². The quantitative estimate of drug-likeness (QED) is 0.245. The molecule has 0 radical (unpaired) electrons. The summed E-state index contributed by atoms with van der Waals surface area (Å²) < 4.78 is 60.4. The molecule has 0 heterocycles. The number of rotatable bonds is 7. The molecule has 2 aliphatic rings. The normalized spacial score (nSPS) is 19.6. The van der Waals surface area contributed by atoms with Gasteiger partial charge in [0, 0.05) is 11.1 Å². The molecule has 0 spiro atoms. The molecule has 33 heavy (non-hydrogen) atoms. The molecule has 0 aliphatic heterocycles. The van der Waals surface area contributed by atoms with Crippen molar-refractivity contribution in [1.82, 2.24) is 0 Å². The van der Waals surface area contributed by atoms with E-state index in [1.807, 2.05) is 0 Å². The van der Waals surface area contributed by atoms with Gasteiger partial charge in [-0.1, -0.05) is 57.9 Å². The number of allylic oxidation sites excluding steroid dienone is 1. The van der Waals surface area contributed by atoms with Crippen molar-refractivity contribution in [2.24, 2.45) is 11.8 Å². The fraction of sp³-hybridized carbons (Fsp3) is 0.517. The highest BCUT2D eigenvalue weighted by Gasteiger charge is 2.33. The zero-order valence-electron chi connectivity index (χ0n) is 20.0. The number of hydrogen-bond donors (Lipinski definition) is 0. The van der Waals surface area contributed by atoms with E-state index in [9.17, 15) is 4.39 Å². The van der Waals surface area contributed by atoms with Gasteiger partial charge in [0.05, 0.1) is 0 Å². The van der Waals surface area contributed by atoms with Crippen LogP contribution in [0.15, 0.2) is 24.3 Å². The third-order valence-electron chi connectivity index (χ3n) is 7.59. The lowest BCUT2D eigenvalue weighted by Gasteiger charge is -2.27. The lowest BCUT2D eigenvalue weighted by molar-refractivity contribution is 0.339. The van der Waals surface area contributed by atoms with Gasteiger partial charge in [-0.05, 0) is 85.0 Å². The standard InChI is InChI=1S/C29H34F4/c1-16(2)5-6-17(3)9-12-20-13-21-14-22-15-23(19-10-7-18(4)8-11-19)27(31)29(33)25(22)24(21)28(32)26(20)30/h13,15-16,18-19H,3,5-12,14H2,1-2,4H3. The summed E-state index contributed by atoms with van der Waals surface area (Å²) in [7, 11) is 0. The third kappa shape index (κ3) is 4.76. The van der Waals surface area contributed by atoms with Gasteiger partial charge in [-0.3, -0.25) is 0 Å². The van der Waals surface area contributed by atoms with Crippen molar-refractivity contribution in [1.29, 1.82) is 0 Å². The van der Waals surface area contributed by atoms with Gasteiger partial charge in [-0.2, -0.15) is 0 Å². The van der Waals surface area contributed by atoms with E-state index in [2.05, 4.69) is 27.4 Å². The van der Waals surface area contributed by atoms with Crippen molar-refractivity contribution >= 4 is 0 Å². The van der Waals surface area contributed by atoms with Crippen LogP contribution in [0, 0.1) is 35.1 Å². The summed E-state index contributed by atoms with van der Waals surface area (Å²) >= 11 is 0. The minimum atomic E-state index is -1.06. The second kappa shape index (κ2) is 9.64. The van der Waals surface area contributed by atoms with Crippen LogP contribution in [-0.2, 0) is 12.8 Å². The minimum absolute atomic E-state index is 0.0151. The van der Waals surface area contributed by atoms with Gasteiger partial charge < -0.3 is 0 Å². The average Bonchev–Trinajstić information content (AvgIpc) is 3.15. The number of halogens is 4. The monoisotopic (exact) mass is 458 g/mol. The number of aryl methyl sites for hydroxylation is 1. The van der Waals surface area contributed by atoms with Crippen LogP contribution in [0.2, 0.25) is 0 Å². The number of hydrogen-bond acceptors (Lipinski definition) is 0. The molecule has 178 valence electrons. The van der Waals surface area contributed by atoms with Gasteiger partial charge in [0.25, 0.3) is 0 Å². The van der Waals surface area contributed by atoms with E-state index < -0.39 is 23.3 Å². The van der Waals surface area contributed by atoms with Crippen LogP contribution in [0.25, 0.3) is 11.1 Å². The number of fused-ring (bicyclic) bond motifs is 3. The van der Waals surface area contributed by atoms with Crippen molar-refractivity contribution < 1.29 is 17.6 Å². The third-order valence-corrected chi connectivity index (χ3v) is 7.59. The van der Waals surface area contributed by atoms with Gasteiger partial charge in [0.1, 0.15) is 0 Å². The molecule has 2 aromatic carbocycles. The summed E-state index contributed by atoms with van der Waals surface area (Å²) in [5, 5.41) is 0. The van der Waals surface area contributed by atoms with Crippen LogP contribution in [0.1, 0.15) is 93.9 Å². The highest BCUT2D eigenvalue weighted by molar-refractivity contribution is 5.79. The molecule has 0 N–H and O–H groups in total. The Morgan fingerprint density at radius 2 is 1.48 bits per heavy atom. The highest BCUT2D eigenvalue weighted by atomic mass is 19.2. The lowest BCUT2D eigenvalue weighted by atomic mass is 9.78. The van der Waals surface area contributed by atoms with Gasteiger partial charge >= 0.3 is 0 Å². The van der Waals surface area contributed by atoms with Crippen molar-refractivity contribution in [2.45, 2.75) is 84.5 Å². The molecule has 0 unspecified atom stereocenters. The summed E-state index contributed by atoms with van der Waals surface area (Å²) in [6.45, 7) is 10.5. The molecule has 0 nitrogen and oxygen atoms in total. The van der Waals surface area contributed by atoms with Crippen LogP contribution < -0.4 is 0 Å². The Morgan fingerprint density at radius 3 is 2.12 bits per heavy atom. The van der Waals surface area contributed by atoms with Crippen molar-refractivity contribution in [3.63, 3.8) is 0 Å². The van der Waals surface area contributed by atoms with E-state index in [1.165, 1.54) is 0 Å². The van der Waals surface area contributed by atoms with Crippen molar-refractivity contribution in [3.05, 3.63) is 69.8 Å². The summed E-state index contributed by atoms with van der Waals surface area (Å²) in [4.78, 5) is 0. The molecule has 0 amide bonds. The molecule has 1 saturated carbocycles.